The zero-order valence-electron chi connectivity index (χ0n) is 5.14. The van der Waals surface area contributed by atoms with Crippen LogP contribution in [0.15, 0.2) is 22.7 Å². The second kappa shape index (κ2) is 3.12. The summed E-state index contributed by atoms with van der Waals surface area (Å²) in [5.74, 6) is -0.378. The number of hydrogen-bond acceptors (Lipinski definition) is 1. The van der Waals surface area contributed by atoms with Crippen molar-refractivity contribution in [2.75, 3.05) is 0 Å². The van der Waals surface area contributed by atoms with Crippen molar-refractivity contribution in [2.45, 2.75) is 6.61 Å². The van der Waals surface area contributed by atoms with E-state index >= 15 is 0 Å². The molecule has 10 heavy (non-hydrogen) atoms. The van der Waals surface area contributed by atoms with Crippen LogP contribution in [0.4, 0.5) is 4.39 Å². The summed E-state index contributed by atoms with van der Waals surface area (Å²) in [6.07, 6.45) is 0. The van der Waals surface area contributed by atoms with Gasteiger partial charge in [0.05, 0.1) is 6.61 Å². The lowest BCUT2D eigenvalue weighted by atomic mass is 10.2. The lowest BCUT2D eigenvalue weighted by Crippen LogP contribution is -1.87. The maximum absolute atomic E-state index is 12.7. The first kappa shape index (κ1) is 7.69. The molecule has 0 aliphatic heterocycles. The van der Waals surface area contributed by atoms with E-state index in [0.717, 1.165) is 0 Å². The normalized spacial score (nSPS) is 9.90. The molecule has 0 fully saturated rings. The van der Waals surface area contributed by atoms with Crippen LogP contribution in [0.25, 0.3) is 0 Å². The zero-order chi connectivity index (χ0) is 7.56. The van der Waals surface area contributed by atoms with E-state index in [0.29, 0.717) is 10.0 Å². The van der Waals surface area contributed by atoms with Crippen molar-refractivity contribution in [3.05, 3.63) is 34.1 Å². The van der Waals surface area contributed by atoms with Crippen LogP contribution in [-0.2, 0) is 6.61 Å². The molecule has 0 bridgehead atoms. The second-order valence-corrected chi connectivity index (χ2v) is 2.81. The number of halogens is 2. The van der Waals surface area contributed by atoms with E-state index in [4.69, 9.17) is 5.11 Å². The molecule has 1 aromatic carbocycles. The third kappa shape index (κ3) is 1.55. The molecule has 54 valence electrons. The van der Waals surface area contributed by atoms with Crippen LogP contribution in [0.5, 0.6) is 0 Å². The summed E-state index contributed by atoms with van der Waals surface area (Å²) in [5, 5.41) is 8.55. The Balaban J connectivity index is 3.07. The number of aliphatic hydroxyl groups is 1. The van der Waals surface area contributed by atoms with E-state index in [1.165, 1.54) is 6.07 Å². The van der Waals surface area contributed by atoms with Crippen LogP contribution in [0.2, 0.25) is 0 Å². The summed E-state index contributed by atoms with van der Waals surface area (Å²) in [6, 6.07) is 4.56. The van der Waals surface area contributed by atoms with Crippen LogP contribution in [0.3, 0.4) is 0 Å². The van der Waals surface area contributed by atoms with E-state index in [-0.39, 0.29) is 12.4 Å². The Bertz CT molecular complexity index is 237. The minimum absolute atomic E-state index is 0.251. The molecule has 0 aromatic heterocycles. The Morgan fingerprint density at radius 2 is 2.20 bits per heavy atom. The van der Waals surface area contributed by atoms with Gasteiger partial charge in [-0.25, -0.2) is 4.39 Å². The minimum atomic E-state index is -0.378. The molecule has 0 heterocycles. The molecule has 1 nitrogen and oxygen atoms in total. The molecule has 0 amide bonds. The van der Waals surface area contributed by atoms with Gasteiger partial charge in [0.2, 0.25) is 0 Å². The molecule has 0 saturated carbocycles. The molecule has 1 aromatic rings. The predicted octanol–water partition coefficient (Wildman–Crippen LogP) is 2.08. The van der Waals surface area contributed by atoms with Crippen molar-refractivity contribution in [1.82, 2.24) is 0 Å². The van der Waals surface area contributed by atoms with Gasteiger partial charge in [-0.1, -0.05) is 22.0 Å². The van der Waals surface area contributed by atoms with Crippen molar-refractivity contribution in [1.29, 1.82) is 0 Å². The first-order valence-corrected chi connectivity index (χ1v) is 3.58. The van der Waals surface area contributed by atoms with Gasteiger partial charge < -0.3 is 5.11 Å². The molecule has 3 heteroatoms. The highest BCUT2D eigenvalue weighted by atomic mass is 79.9. The Morgan fingerprint density at radius 1 is 1.50 bits per heavy atom. The first-order chi connectivity index (χ1) is 4.74. The summed E-state index contributed by atoms with van der Waals surface area (Å²) in [7, 11) is 0. The van der Waals surface area contributed by atoms with Crippen molar-refractivity contribution < 1.29 is 9.50 Å². The fourth-order valence-corrected chi connectivity index (χ4v) is 0.983. The molecule has 1 rings (SSSR count). The lowest BCUT2D eigenvalue weighted by Gasteiger charge is -1.97. The van der Waals surface area contributed by atoms with E-state index < -0.39 is 0 Å². The fourth-order valence-electron chi connectivity index (χ4n) is 0.650. The van der Waals surface area contributed by atoms with Gasteiger partial charge in [0, 0.05) is 10.0 Å². The Labute approximate surface area is 66.6 Å². The number of hydrogen-bond donors (Lipinski definition) is 1. The minimum Gasteiger partial charge on any atom is -0.392 e. The van der Waals surface area contributed by atoms with Crippen molar-refractivity contribution in [2.24, 2.45) is 0 Å². The van der Waals surface area contributed by atoms with Crippen molar-refractivity contribution in [3.63, 3.8) is 0 Å². The Kier molecular flexibility index (Phi) is 2.40. The van der Waals surface area contributed by atoms with E-state index in [2.05, 4.69) is 15.9 Å². The largest absolute Gasteiger partial charge is 0.392 e. The van der Waals surface area contributed by atoms with Gasteiger partial charge in [-0.15, -0.1) is 0 Å². The molecule has 1 N–H and O–H groups in total. The number of rotatable bonds is 1. The van der Waals surface area contributed by atoms with Crippen LogP contribution < -0.4 is 0 Å². The standard InChI is InChI=1S/C7H6BrFO/c8-6-2-1-5(4-10)7(9)3-6/h1-3,10H,4H2/i9-1. The van der Waals surface area contributed by atoms with Crippen LogP contribution in [-0.4, -0.2) is 5.11 Å². The molecule has 0 spiro atoms. The highest BCUT2D eigenvalue weighted by Crippen LogP contribution is 2.14. The van der Waals surface area contributed by atoms with Gasteiger partial charge in [-0.3, -0.25) is 0 Å². The maximum Gasteiger partial charge on any atom is 0.129 e. The summed E-state index contributed by atoms with van der Waals surface area (Å²) >= 11 is 3.10. The summed E-state index contributed by atoms with van der Waals surface area (Å²) in [4.78, 5) is 0. The van der Waals surface area contributed by atoms with Gasteiger partial charge in [-0.2, -0.15) is 0 Å². The van der Waals surface area contributed by atoms with E-state index in [1.807, 2.05) is 0 Å². The third-order valence-corrected chi connectivity index (χ3v) is 1.68. The summed E-state index contributed by atoms with van der Waals surface area (Å²) in [5.41, 5.74) is 0.322. The number of benzene rings is 1. The summed E-state index contributed by atoms with van der Waals surface area (Å²) in [6.45, 7) is -0.251. The Morgan fingerprint density at radius 3 is 2.70 bits per heavy atom. The topological polar surface area (TPSA) is 20.2 Å². The SMILES string of the molecule is OCc1ccc(Br)cc1[18F]. The van der Waals surface area contributed by atoms with E-state index in [9.17, 15) is 4.39 Å². The molecule has 0 unspecified atom stereocenters. The van der Waals surface area contributed by atoms with Crippen molar-refractivity contribution in [3.8, 4) is 0 Å². The third-order valence-electron chi connectivity index (χ3n) is 1.19. The average molecular weight is 204 g/mol. The highest BCUT2D eigenvalue weighted by Gasteiger charge is 1.99. The van der Waals surface area contributed by atoms with Gasteiger partial charge >= 0.3 is 0 Å². The number of aliphatic hydroxyl groups excluding tert-OH is 1. The van der Waals surface area contributed by atoms with Gasteiger partial charge in [-0.05, 0) is 12.1 Å². The molecule has 0 radical (unpaired) electrons. The Hall–Kier alpha value is -0.410. The average Bonchev–Trinajstić information content (AvgIpc) is 1.88. The lowest BCUT2D eigenvalue weighted by molar-refractivity contribution is 0.275. The summed E-state index contributed by atoms with van der Waals surface area (Å²) < 4.78 is 13.3. The molecule has 0 aliphatic carbocycles. The predicted molar refractivity (Wildman–Crippen MR) is 40.0 cm³/mol. The fraction of sp³-hybridized carbons (Fsp3) is 0.143. The molecule has 0 aliphatic rings. The van der Waals surface area contributed by atoms with Gasteiger partial charge in [0.25, 0.3) is 0 Å². The molecule has 0 saturated heterocycles. The smallest absolute Gasteiger partial charge is 0.129 e. The molecule has 0 atom stereocenters. The van der Waals surface area contributed by atoms with Gasteiger partial charge in [0.1, 0.15) is 5.82 Å². The van der Waals surface area contributed by atoms with Gasteiger partial charge in [0.15, 0.2) is 0 Å². The monoisotopic (exact) mass is 203 g/mol. The zero-order valence-corrected chi connectivity index (χ0v) is 6.73. The van der Waals surface area contributed by atoms with Crippen LogP contribution in [0, 0.1) is 5.82 Å². The molecular formula is C7H6BrFO. The second-order valence-electron chi connectivity index (χ2n) is 1.89. The van der Waals surface area contributed by atoms with E-state index in [1.54, 1.807) is 12.1 Å². The quantitative estimate of drug-likeness (QED) is 0.742. The molecular weight excluding hydrogens is 198 g/mol. The first-order valence-electron chi connectivity index (χ1n) is 2.79. The van der Waals surface area contributed by atoms with Crippen LogP contribution >= 0.6 is 15.9 Å². The van der Waals surface area contributed by atoms with Crippen LogP contribution in [0.1, 0.15) is 5.56 Å². The maximum atomic E-state index is 12.7. The highest BCUT2D eigenvalue weighted by molar-refractivity contribution is 9.10. The van der Waals surface area contributed by atoms with Crippen molar-refractivity contribution >= 4 is 15.9 Å².